The zero-order valence-electron chi connectivity index (χ0n) is 12.1. The molecule has 3 rings (SSSR count). The molecule has 3 aromatic rings. The number of halogens is 1. The van der Waals surface area contributed by atoms with Crippen LogP contribution >= 0.6 is 0 Å². The van der Waals surface area contributed by atoms with E-state index in [0.29, 0.717) is 24.0 Å². The fourth-order valence-corrected chi connectivity index (χ4v) is 2.33. The van der Waals surface area contributed by atoms with Gasteiger partial charge in [0.05, 0.1) is 6.54 Å². The number of pyridine rings is 1. The third kappa shape index (κ3) is 3.20. The van der Waals surface area contributed by atoms with Crippen molar-refractivity contribution in [1.29, 1.82) is 0 Å². The lowest BCUT2D eigenvalue weighted by molar-refractivity contribution is 0.448. The van der Waals surface area contributed by atoms with Gasteiger partial charge in [0.15, 0.2) is 5.43 Å². The summed E-state index contributed by atoms with van der Waals surface area (Å²) in [6.07, 6.45) is 3.15. The minimum absolute atomic E-state index is 0.161. The number of aromatic amines is 1. The number of aromatic nitrogens is 4. The van der Waals surface area contributed by atoms with Crippen molar-refractivity contribution >= 4 is 10.9 Å². The van der Waals surface area contributed by atoms with Crippen LogP contribution in [0.25, 0.3) is 10.9 Å². The van der Waals surface area contributed by atoms with Gasteiger partial charge < -0.3 is 10.3 Å². The number of H-pyrrole nitrogens is 1. The van der Waals surface area contributed by atoms with Gasteiger partial charge in [-0.2, -0.15) is 5.10 Å². The highest BCUT2D eigenvalue weighted by atomic mass is 19.1. The quantitative estimate of drug-likeness (QED) is 0.747. The van der Waals surface area contributed by atoms with E-state index in [1.54, 1.807) is 17.1 Å². The van der Waals surface area contributed by atoms with Crippen LogP contribution in [0.4, 0.5) is 4.39 Å². The van der Waals surface area contributed by atoms with Crippen LogP contribution in [0.2, 0.25) is 0 Å². The molecule has 0 radical (unpaired) electrons. The summed E-state index contributed by atoms with van der Waals surface area (Å²) in [5, 5.41) is 7.71. The van der Waals surface area contributed by atoms with Crippen molar-refractivity contribution in [2.75, 3.05) is 0 Å². The van der Waals surface area contributed by atoms with Gasteiger partial charge in [0.2, 0.25) is 0 Å². The minimum atomic E-state index is -0.412. The molecule has 22 heavy (non-hydrogen) atoms. The van der Waals surface area contributed by atoms with Crippen molar-refractivity contribution in [2.45, 2.75) is 26.1 Å². The molecule has 6 nitrogen and oxygen atoms in total. The summed E-state index contributed by atoms with van der Waals surface area (Å²) in [7, 11) is 0. The van der Waals surface area contributed by atoms with Crippen molar-refractivity contribution in [3.63, 3.8) is 0 Å². The lowest BCUT2D eigenvalue weighted by Gasteiger charge is -2.13. The van der Waals surface area contributed by atoms with Crippen molar-refractivity contribution in [2.24, 2.45) is 0 Å². The van der Waals surface area contributed by atoms with Gasteiger partial charge in [-0.15, -0.1) is 0 Å². The monoisotopic (exact) mass is 301 g/mol. The molecule has 0 saturated carbocycles. The normalized spacial score (nSPS) is 12.6. The van der Waals surface area contributed by atoms with Crippen molar-refractivity contribution in [1.82, 2.24) is 25.1 Å². The largest absolute Gasteiger partial charge is 0.357 e. The molecule has 2 N–H and O–H groups in total. The third-order valence-electron chi connectivity index (χ3n) is 3.42. The Morgan fingerprint density at radius 2 is 2.27 bits per heavy atom. The summed E-state index contributed by atoms with van der Waals surface area (Å²) in [4.78, 5) is 19.1. The Kier molecular flexibility index (Phi) is 3.97. The lowest BCUT2D eigenvalue weighted by atomic mass is 10.2. The van der Waals surface area contributed by atoms with Crippen LogP contribution in [0, 0.1) is 5.82 Å². The number of benzene rings is 1. The molecule has 7 heteroatoms. The Hall–Kier alpha value is -2.54. The minimum Gasteiger partial charge on any atom is -0.357 e. The van der Waals surface area contributed by atoms with Gasteiger partial charge in [0.25, 0.3) is 0 Å². The Morgan fingerprint density at radius 1 is 1.41 bits per heavy atom. The van der Waals surface area contributed by atoms with E-state index < -0.39 is 5.82 Å². The average molecular weight is 301 g/mol. The molecule has 0 amide bonds. The van der Waals surface area contributed by atoms with Crippen LogP contribution in [-0.4, -0.2) is 25.8 Å². The van der Waals surface area contributed by atoms with Crippen LogP contribution in [-0.2, 0) is 13.1 Å². The first-order chi connectivity index (χ1) is 10.6. The Bertz CT molecular complexity index is 828. The number of fused-ring (bicyclic) bond motifs is 1. The average Bonchev–Trinajstić information content (AvgIpc) is 2.99. The van der Waals surface area contributed by atoms with Gasteiger partial charge in [-0.05, 0) is 25.1 Å². The lowest BCUT2D eigenvalue weighted by Crippen LogP contribution is -2.30. The van der Waals surface area contributed by atoms with Crippen molar-refractivity contribution in [3.8, 4) is 0 Å². The summed E-state index contributed by atoms with van der Waals surface area (Å²) < 4.78 is 14.9. The molecule has 0 bridgehead atoms. The van der Waals surface area contributed by atoms with Crippen LogP contribution in [0.15, 0.2) is 41.7 Å². The molecule has 2 aromatic heterocycles. The molecule has 1 atom stereocenters. The second kappa shape index (κ2) is 6.07. The standard InChI is InChI=1S/C15H16FN5O/c1-10(7-21-9-17-8-19-21)18-6-12-5-15(22)13-4-11(16)2-3-14(13)20-12/h2-5,8-10,18H,6-7H2,1H3,(H,20,22)/t10-/m0/s1. The molecule has 0 aliphatic rings. The van der Waals surface area contributed by atoms with Gasteiger partial charge in [-0.3, -0.25) is 9.48 Å². The maximum Gasteiger partial charge on any atom is 0.189 e. The third-order valence-corrected chi connectivity index (χ3v) is 3.42. The maximum absolute atomic E-state index is 13.2. The molecule has 0 saturated heterocycles. The topological polar surface area (TPSA) is 75.6 Å². The molecule has 0 aliphatic heterocycles. The van der Waals surface area contributed by atoms with E-state index in [1.165, 1.54) is 24.5 Å². The van der Waals surface area contributed by atoms with E-state index in [-0.39, 0.29) is 11.5 Å². The summed E-state index contributed by atoms with van der Waals surface area (Å²) >= 11 is 0. The first-order valence-electron chi connectivity index (χ1n) is 6.99. The predicted molar refractivity (Wildman–Crippen MR) is 80.9 cm³/mol. The van der Waals surface area contributed by atoms with Gasteiger partial charge in [0.1, 0.15) is 18.5 Å². The number of rotatable bonds is 5. The summed E-state index contributed by atoms with van der Waals surface area (Å²) in [5.41, 5.74) is 1.21. The highest BCUT2D eigenvalue weighted by molar-refractivity contribution is 5.78. The number of hydrogen-bond donors (Lipinski definition) is 2. The van der Waals surface area contributed by atoms with E-state index in [9.17, 15) is 9.18 Å². The molecule has 0 aliphatic carbocycles. The highest BCUT2D eigenvalue weighted by Gasteiger charge is 2.06. The molecule has 114 valence electrons. The fourth-order valence-electron chi connectivity index (χ4n) is 2.33. The van der Waals surface area contributed by atoms with E-state index in [1.807, 2.05) is 6.92 Å². The molecule has 2 heterocycles. The second-order valence-corrected chi connectivity index (χ2v) is 5.25. The predicted octanol–water partition coefficient (Wildman–Crippen LogP) is 1.44. The van der Waals surface area contributed by atoms with Gasteiger partial charge >= 0.3 is 0 Å². The highest BCUT2D eigenvalue weighted by Crippen LogP contribution is 2.10. The summed E-state index contributed by atoms with van der Waals surface area (Å²) in [6, 6.07) is 5.82. The molecule has 0 unspecified atom stereocenters. The second-order valence-electron chi connectivity index (χ2n) is 5.25. The van der Waals surface area contributed by atoms with Crippen LogP contribution in [0.5, 0.6) is 0 Å². The zero-order valence-corrected chi connectivity index (χ0v) is 12.1. The molecule has 1 aromatic carbocycles. The Morgan fingerprint density at radius 3 is 3.05 bits per heavy atom. The fraction of sp³-hybridized carbons (Fsp3) is 0.267. The van der Waals surface area contributed by atoms with Crippen LogP contribution in [0.3, 0.4) is 0 Å². The summed E-state index contributed by atoms with van der Waals surface area (Å²) in [5.74, 6) is -0.412. The smallest absolute Gasteiger partial charge is 0.189 e. The first-order valence-corrected chi connectivity index (χ1v) is 6.99. The van der Waals surface area contributed by atoms with Crippen LogP contribution < -0.4 is 10.7 Å². The van der Waals surface area contributed by atoms with Gasteiger partial charge in [-0.25, -0.2) is 9.37 Å². The number of nitrogens with zero attached hydrogens (tertiary/aromatic N) is 3. The van der Waals surface area contributed by atoms with Gasteiger partial charge in [0, 0.05) is 35.2 Å². The molecule has 0 spiro atoms. The van der Waals surface area contributed by atoms with Crippen LogP contribution in [0.1, 0.15) is 12.6 Å². The zero-order chi connectivity index (χ0) is 15.5. The van der Waals surface area contributed by atoms with Gasteiger partial charge in [-0.1, -0.05) is 0 Å². The number of nitrogens with one attached hydrogen (secondary N) is 2. The van der Waals surface area contributed by atoms with E-state index in [0.717, 1.165) is 5.69 Å². The Labute approximate surface area is 126 Å². The van der Waals surface area contributed by atoms with E-state index in [2.05, 4.69) is 20.4 Å². The van der Waals surface area contributed by atoms with Crippen molar-refractivity contribution < 1.29 is 4.39 Å². The number of hydrogen-bond acceptors (Lipinski definition) is 4. The SMILES string of the molecule is C[C@@H](Cn1cncn1)NCc1cc(=O)c2cc(F)ccc2[nH]1. The van der Waals surface area contributed by atoms with E-state index in [4.69, 9.17) is 0 Å². The molecular formula is C15H16FN5O. The van der Waals surface area contributed by atoms with E-state index >= 15 is 0 Å². The first kappa shape index (κ1) is 14.4. The van der Waals surface area contributed by atoms with Crippen molar-refractivity contribution in [3.05, 3.63) is 58.7 Å². The maximum atomic E-state index is 13.2. The Balaban J connectivity index is 1.71. The molecule has 0 fully saturated rings. The summed E-state index contributed by atoms with van der Waals surface area (Å²) in [6.45, 7) is 3.22. The molecular weight excluding hydrogens is 285 g/mol.